The van der Waals surface area contributed by atoms with Crippen molar-refractivity contribution in [3.05, 3.63) is 23.8 Å². The summed E-state index contributed by atoms with van der Waals surface area (Å²) in [4.78, 5) is 23.5. The number of rotatable bonds is 2. The molecule has 4 heteroatoms. The van der Waals surface area contributed by atoms with Gasteiger partial charge in [0.15, 0.2) is 5.78 Å². The zero-order valence-corrected chi connectivity index (χ0v) is 15.9. The molecule has 0 aromatic carbocycles. The molecule has 0 amide bonds. The second-order valence-electron chi connectivity index (χ2n) is 9.53. The molecule has 8 atom stereocenters. The summed E-state index contributed by atoms with van der Waals surface area (Å²) in [7, 11) is 0. The number of carboxylic acids is 1. The molecule has 4 aliphatic carbocycles. The third-order valence-electron chi connectivity index (χ3n) is 8.73. The molecule has 0 aliphatic heterocycles. The third-order valence-corrected chi connectivity index (χ3v) is 8.73. The number of ketones is 1. The van der Waals surface area contributed by atoms with Crippen LogP contribution in [0.5, 0.6) is 0 Å². The highest BCUT2D eigenvalue weighted by Gasteiger charge is 2.63. The van der Waals surface area contributed by atoms with Crippen LogP contribution in [0.15, 0.2) is 23.8 Å². The van der Waals surface area contributed by atoms with Gasteiger partial charge in [-0.15, -0.1) is 0 Å². The number of hydrogen-bond donors (Lipinski definition) is 2. The maximum absolute atomic E-state index is 11.8. The number of hydrogen-bond acceptors (Lipinski definition) is 3. The second-order valence-corrected chi connectivity index (χ2v) is 9.53. The number of aliphatic hydroxyl groups excluding tert-OH is 1. The van der Waals surface area contributed by atoms with Crippen molar-refractivity contribution in [2.75, 3.05) is 0 Å². The first kappa shape index (κ1) is 18.0. The number of carboxylic acid groups (broad SMARTS) is 1. The van der Waals surface area contributed by atoms with Crippen molar-refractivity contribution in [1.82, 2.24) is 0 Å². The van der Waals surface area contributed by atoms with Gasteiger partial charge in [0.2, 0.25) is 0 Å². The smallest absolute Gasteiger partial charge is 0.306 e. The van der Waals surface area contributed by atoms with E-state index in [2.05, 4.69) is 19.9 Å². The Morgan fingerprint density at radius 3 is 2.65 bits per heavy atom. The average molecular weight is 358 g/mol. The topological polar surface area (TPSA) is 74.6 Å². The summed E-state index contributed by atoms with van der Waals surface area (Å²) in [6.45, 7) is 6.17. The van der Waals surface area contributed by atoms with Crippen LogP contribution < -0.4 is 0 Å². The van der Waals surface area contributed by atoms with Crippen molar-refractivity contribution in [1.29, 1.82) is 0 Å². The van der Waals surface area contributed by atoms with E-state index in [4.69, 9.17) is 0 Å². The quantitative estimate of drug-likeness (QED) is 0.791. The molecule has 26 heavy (non-hydrogen) atoms. The molecule has 0 heterocycles. The van der Waals surface area contributed by atoms with Crippen LogP contribution in [0.1, 0.15) is 52.9 Å². The van der Waals surface area contributed by atoms with Crippen LogP contribution in [-0.2, 0) is 9.59 Å². The average Bonchev–Trinajstić information content (AvgIpc) is 2.94. The van der Waals surface area contributed by atoms with Crippen molar-refractivity contribution >= 4 is 11.8 Å². The number of aliphatic hydroxyl groups is 1. The van der Waals surface area contributed by atoms with Gasteiger partial charge in [0.25, 0.3) is 0 Å². The third kappa shape index (κ3) is 2.24. The second kappa shape index (κ2) is 5.79. The number of aliphatic carboxylic acids is 1. The van der Waals surface area contributed by atoms with Crippen molar-refractivity contribution in [2.45, 2.75) is 59.0 Å². The van der Waals surface area contributed by atoms with Crippen LogP contribution in [0.3, 0.4) is 0 Å². The Morgan fingerprint density at radius 2 is 1.96 bits per heavy atom. The Bertz CT molecular complexity index is 707. The molecule has 0 saturated heterocycles. The highest BCUT2D eigenvalue weighted by atomic mass is 16.4. The van der Waals surface area contributed by atoms with E-state index in [0.717, 1.165) is 25.7 Å². The molecular weight excluding hydrogens is 328 g/mol. The summed E-state index contributed by atoms with van der Waals surface area (Å²) < 4.78 is 0. The van der Waals surface area contributed by atoms with Gasteiger partial charge in [-0.1, -0.05) is 32.4 Å². The standard InChI is InChI=1S/C22H30O4/c1-12(20(25)26)16-6-7-17-15-5-4-13-10-14(23)8-9-21(13,2)18(15)11-19(24)22(16,17)3/h8-10,12,15-19,24H,4-7,11H2,1-3H3,(H,25,26)/t12?,15-,16+,17-,18-,19-,21-,22+/m0/s1. The lowest BCUT2D eigenvalue weighted by molar-refractivity contribution is -0.155. The Labute approximate surface area is 155 Å². The molecule has 1 unspecified atom stereocenters. The molecule has 0 aromatic heterocycles. The van der Waals surface area contributed by atoms with Gasteiger partial charge in [-0.25, -0.2) is 0 Å². The van der Waals surface area contributed by atoms with Crippen LogP contribution in [0.25, 0.3) is 0 Å². The van der Waals surface area contributed by atoms with Gasteiger partial charge >= 0.3 is 5.97 Å². The fraction of sp³-hybridized carbons (Fsp3) is 0.727. The first-order valence-corrected chi connectivity index (χ1v) is 10.0. The zero-order valence-electron chi connectivity index (χ0n) is 15.9. The van der Waals surface area contributed by atoms with E-state index in [9.17, 15) is 19.8 Å². The normalized spacial score (nSPS) is 48.2. The van der Waals surface area contributed by atoms with E-state index >= 15 is 0 Å². The van der Waals surface area contributed by atoms with Crippen LogP contribution in [0.4, 0.5) is 0 Å². The van der Waals surface area contributed by atoms with Gasteiger partial charge in [0.05, 0.1) is 12.0 Å². The Kier molecular flexibility index (Phi) is 4.00. The Hall–Kier alpha value is -1.42. The van der Waals surface area contributed by atoms with E-state index in [1.165, 1.54) is 5.57 Å². The molecule has 3 fully saturated rings. The molecular formula is C22H30O4. The van der Waals surface area contributed by atoms with E-state index in [0.29, 0.717) is 24.2 Å². The summed E-state index contributed by atoms with van der Waals surface area (Å²) in [6, 6.07) is 0. The van der Waals surface area contributed by atoms with Crippen molar-refractivity contribution in [3.63, 3.8) is 0 Å². The van der Waals surface area contributed by atoms with Crippen LogP contribution in [0.2, 0.25) is 0 Å². The molecule has 0 aromatic rings. The first-order chi connectivity index (χ1) is 12.2. The van der Waals surface area contributed by atoms with E-state index in [1.807, 2.05) is 0 Å². The first-order valence-electron chi connectivity index (χ1n) is 10.0. The lowest BCUT2D eigenvalue weighted by Gasteiger charge is -2.59. The summed E-state index contributed by atoms with van der Waals surface area (Å²) in [5.74, 6) is 0.141. The molecule has 2 N–H and O–H groups in total. The van der Waals surface area contributed by atoms with E-state index < -0.39 is 18.0 Å². The largest absolute Gasteiger partial charge is 0.481 e. The van der Waals surface area contributed by atoms with Crippen molar-refractivity contribution in [3.8, 4) is 0 Å². The summed E-state index contributed by atoms with van der Waals surface area (Å²) in [6.07, 6.45) is 9.68. The van der Waals surface area contributed by atoms with Crippen molar-refractivity contribution < 1.29 is 19.8 Å². The number of carbonyl (C=O) groups is 2. The van der Waals surface area contributed by atoms with Crippen LogP contribution in [0, 0.1) is 40.4 Å². The zero-order chi connectivity index (χ0) is 18.9. The van der Waals surface area contributed by atoms with Crippen molar-refractivity contribution in [2.24, 2.45) is 40.4 Å². The molecule has 4 aliphatic rings. The van der Waals surface area contributed by atoms with Gasteiger partial charge in [0, 0.05) is 10.8 Å². The molecule has 0 spiro atoms. The van der Waals surface area contributed by atoms with E-state index in [1.54, 1.807) is 19.1 Å². The minimum absolute atomic E-state index is 0.0363. The van der Waals surface area contributed by atoms with Gasteiger partial charge in [-0.05, 0) is 67.9 Å². The molecule has 0 radical (unpaired) electrons. The number of carbonyl (C=O) groups excluding carboxylic acids is 1. The Morgan fingerprint density at radius 1 is 1.23 bits per heavy atom. The highest BCUT2D eigenvalue weighted by Crippen LogP contribution is 2.66. The maximum Gasteiger partial charge on any atom is 0.306 e. The lowest BCUT2D eigenvalue weighted by atomic mass is 9.46. The predicted molar refractivity (Wildman–Crippen MR) is 98.3 cm³/mol. The number of allylic oxidation sites excluding steroid dienone is 4. The minimum atomic E-state index is -0.749. The van der Waals surface area contributed by atoms with E-state index in [-0.39, 0.29) is 22.5 Å². The fourth-order valence-electron chi connectivity index (χ4n) is 7.19. The van der Waals surface area contributed by atoms with Gasteiger partial charge < -0.3 is 10.2 Å². The summed E-state index contributed by atoms with van der Waals surface area (Å²) >= 11 is 0. The SMILES string of the molecule is CC(C(=O)O)[C@H]1CC[C@H]2[C@@H]3CCC4=CC(=O)C=C[C@]4(C)[C@H]3C[C@H](O)[C@]12C. The molecule has 4 rings (SSSR count). The molecule has 142 valence electrons. The predicted octanol–water partition coefficient (Wildman–Crippen LogP) is 3.60. The van der Waals surface area contributed by atoms with Gasteiger partial charge in [0.1, 0.15) is 0 Å². The maximum atomic E-state index is 11.8. The summed E-state index contributed by atoms with van der Waals surface area (Å²) in [5.41, 5.74) is 0.760. The van der Waals surface area contributed by atoms with Gasteiger partial charge in [-0.2, -0.15) is 0 Å². The summed E-state index contributed by atoms with van der Waals surface area (Å²) in [5, 5.41) is 20.8. The molecule has 4 nitrogen and oxygen atoms in total. The number of fused-ring (bicyclic) bond motifs is 5. The lowest BCUT2D eigenvalue weighted by Crippen LogP contribution is -2.56. The monoisotopic (exact) mass is 358 g/mol. The highest BCUT2D eigenvalue weighted by molar-refractivity contribution is 6.01. The van der Waals surface area contributed by atoms with Crippen LogP contribution in [-0.4, -0.2) is 28.1 Å². The Balaban J connectivity index is 1.70. The minimum Gasteiger partial charge on any atom is -0.481 e. The molecule has 0 bridgehead atoms. The molecule has 3 saturated carbocycles. The van der Waals surface area contributed by atoms with Crippen LogP contribution >= 0.6 is 0 Å². The fourth-order valence-corrected chi connectivity index (χ4v) is 7.19. The van der Waals surface area contributed by atoms with Gasteiger partial charge in [-0.3, -0.25) is 9.59 Å².